The third kappa shape index (κ3) is 6.23. The molecule has 0 radical (unpaired) electrons. The average molecular weight is 616 g/mol. The lowest BCUT2D eigenvalue weighted by atomic mass is 10.1. The number of methoxy groups -OCH3 is 1. The number of nitrogens with one attached hydrogen (secondary N) is 2. The monoisotopic (exact) mass is 615 g/mol. The number of imidazole rings is 1. The van der Waals surface area contributed by atoms with Gasteiger partial charge >= 0.3 is 12.4 Å². The highest BCUT2D eigenvalue weighted by Gasteiger charge is 2.33. The van der Waals surface area contributed by atoms with Gasteiger partial charge in [-0.25, -0.2) is 14.8 Å². The van der Waals surface area contributed by atoms with Crippen LogP contribution in [0.1, 0.15) is 16.7 Å². The maximum atomic E-state index is 13.6. The molecule has 10 nitrogen and oxygen atoms in total. The molecule has 0 spiro atoms. The molecule has 0 fully saturated rings. The zero-order valence-electron chi connectivity index (χ0n) is 24.5. The van der Waals surface area contributed by atoms with Crippen molar-refractivity contribution in [2.45, 2.75) is 26.4 Å². The van der Waals surface area contributed by atoms with Gasteiger partial charge in [-0.05, 0) is 48.4 Å². The van der Waals surface area contributed by atoms with Crippen LogP contribution >= 0.6 is 0 Å². The molecule has 6 rings (SSSR count). The molecule has 13 heteroatoms. The van der Waals surface area contributed by atoms with E-state index in [0.717, 1.165) is 22.4 Å². The third-order valence-corrected chi connectivity index (χ3v) is 7.37. The third-order valence-electron chi connectivity index (χ3n) is 7.37. The Morgan fingerprint density at radius 2 is 1.80 bits per heavy atom. The maximum absolute atomic E-state index is 13.6. The highest BCUT2D eigenvalue weighted by atomic mass is 19.4. The van der Waals surface area contributed by atoms with E-state index in [1.54, 1.807) is 31.3 Å². The van der Waals surface area contributed by atoms with E-state index in [4.69, 9.17) is 4.74 Å². The number of nitrogens with zero attached hydrogens (tertiary/aromatic N) is 5. The largest absolute Gasteiger partial charge is 0.573 e. The van der Waals surface area contributed by atoms with Crippen molar-refractivity contribution in [3.05, 3.63) is 95.8 Å². The predicted molar refractivity (Wildman–Crippen MR) is 163 cm³/mol. The van der Waals surface area contributed by atoms with Crippen LogP contribution in [0.4, 0.5) is 35.4 Å². The van der Waals surface area contributed by atoms with E-state index in [0.29, 0.717) is 41.1 Å². The summed E-state index contributed by atoms with van der Waals surface area (Å²) < 4.78 is 48.3. The lowest BCUT2D eigenvalue weighted by Gasteiger charge is -2.35. The first-order valence-corrected chi connectivity index (χ1v) is 13.9. The van der Waals surface area contributed by atoms with Gasteiger partial charge in [0, 0.05) is 42.2 Å². The second-order valence-corrected chi connectivity index (χ2v) is 10.4. The van der Waals surface area contributed by atoms with Crippen molar-refractivity contribution in [2.75, 3.05) is 29.3 Å². The lowest BCUT2D eigenvalue weighted by molar-refractivity contribution is -0.274. The van der Waals surface area contributed by atoms with E-state index in [2.05, 4.69) is 30.0 Å². The summed E-state index contributed by atoms with van der Waals surface area (Å²) in [4.78, 5) is 33.3. The van der Waals surface area contributed by atoms with Crippen LogP contribution in [0, 0.1) is 6.92 Å². The molecule has 3 heterocycles. The number of benzene rings is 3. The van der Waals surface area contributed by atoms with Crippen LogP contribution in [-0.2, 0) is 13.1 Å². The van der Waals surface area contributed by atoms with Crippen molar-refractivity contribution in [3.63, 3.8) is 0 Å². The van der Waals surface area contributed by atoms with Gasteiger partial charge in [-0.3, -0.25) is 9.80 Å². The number of carbonyl (C=O) groups excluding carboxylic acids is 1. The molecule has 45 heavy (non-hydrogen) atoms. The minimum absolute atomic E-state index is 0.211. The van der Waals surface area contributed by atoms with Crippen LogP contribution < -0.4 is 24.6 Å². The summed E-state index contributed by atoms with van der Waals surface area (Å²) in [5.41, 5.74) is 4.48. The second-order valence-electron chi connectivity index (χ2n) is 10.4. The van der Waals surface area contributed by atoms with E-state index in [1.165, 1.54) is 29.3 Å². The Morgan fingerprint density at radius 3 is 2.56 bits per heavy atom. The molecule has 0 atom stereocenters. The van der Waals surface area contributed by atoms with Gasteiger partial charge < -0.3 is 19.8 Å². The van der Waals surface area contributed by atoms with Gasteiger partial charge in [-0.15, -0.1) is 13.2 Å². The normalized spacial score (nSPS) is 13.1. The Morgan fingerprint density at radius 1 is 1.02 bits per heavy atom. The van der Waals surface area contributed by atoms with Gasteiger partial charge in [0.05, 0.1) is 25.5 Å². The molecular weight excluding hydrogens is 587 g/mol. The highest BCUT2D eigenvalue weighted by Crippen LogP contribution is 2.36. The van der Waals surface area contributed by atoms with Crippen LogP contribution in [0.15, 0.2) is 79.1 Å². The Hall–Kier alpha value is -5.59. The van der Waals surface area contributed by atoms with Gasteiger partial charge in [0.25, 0.3) is 0 Å². The molecule has 230 valence electrons. The van der Waals surface area contributed by atoms with Crippen molar-refractivity contribution in [3.8, 4) is 34.1 Å². The molecule has 0 unspecified atom stereocenters. The number of rotatable bonds is 8. The van der Waals surface area contributed by atoms with Gasteiger partial charge in [0.2, 0.25) is 5.95 Å². The van der Waals surface area contributed by atoms with E-state index >= 15 is 0 Å². The molecule has 0 saturated carbocycles. The number of aromatic nitrogens is 4. The van der Waals surface area contributed by atoms with E-state index in [9.17, 15) is 18.0 Å². The summed E-state index contributed by atoms with van der Waals surface area (Å²) in [5, 5.41) is 3.20. The Labute approximate surface area is 256 Å². The number of ether oxygens (including phenoxy) is 2. The van der Waals surface area contributed by atoms with E-state index in [1.807, 2.05) is 49.4 Å². The molecule has 1 aliphatic heterocycles. The molecule has 2 N–H and O–H groups in total. The predicted octanol–water partition coefficient (Wildman–Crippen LogP) is 6.94. The number of fused-ring (bicyclic) bond motifs is 1. The van der Waals surface area contributed by atoms with Crippen molar-refractivity contribution >= 4 is 23.5 Å². The first kappa shape index (κ1) is 29.5. The highest BCUT2D eigenvalue weighted by molar-refractivity contribution is 6.05. The van der Waals surface area contributed by atoms with Crippen LogP contribution in [0.2, 0.25) is 0 Å². The fraction of sp³-hybridized carbons (Fsp3) is 0.188. The van der Waals surface area contributed by atoms with Crippen molar-refractivity contribution in [1.82, 2.24) is 19.9 Å². The number of aromatic amines is 1. The van der Waals surface area contributed by atoms with E-state index < -0.39 is 6.36 Å². The molecule has 1 aliphatic rings. The smallest absolute Gasteiger partial charge is 0.497 e. The molecule has 0 saturated heterocycles. The Bertz CT molecular complexity index is 1860. The molecule has 0 aliphatic carbocycles. The number of carbonyl (C=O) groups is 1. The number of halogens is 3. The van der Waals surface area contributed by atoms with Crippen molar-refractivity contribution in [1.29, 1.82) is 0 Å². The molecule has 0 bridgehead atoms. The van der Waals surface area contributed by atoms with Crippen molar-refractivity contribution < 1.29 is 27.4 Å². The number of H-pyrrole nitrogens is 1. The molecular formula is C32H28F3N7O3. The summed E-state index contributed by atoms with van der Waals surface area (Å²) >= 11 is 0. The second kappa shape index (κ2) is 11.8. The summed E-state index contributed by atoms with van der Waals surface area (Å²) in [6.07, 6.45) is -1.69. The number of alkyl halides is 3. The summed E-state index contributed by atoms with van der Waals surface area (Å²) in [7, 11) is 3.27. The number of hydrogen-bond acceptors (Lipinski definition) is 7. The molecule has 5 aromatic rings. The van der Waals surface area contributed by atoms with E-state index in [-0.39, 0.29) is 23.9 Å². The van der Waals surface area contributed by atoms with Gasteiger partial charge in [-0.1, -0.05) is 36.4 Å². The maximum Gasteiger partial charge on any atom is 0.573 e. The van der Waals surface area contributed by atoms with Crippen molar-refractivity contribution in [2.24, 2.45) is 0 Å². The Kier molecular flexibility index (Phi) is 7.75. The van der Waals surface area contributed by atoms with Gasteiger partial charge in [0.1, 0.15) is 23.1 Å². The molecule has 2 aromatic heterocycles. The first-order valence-electron chi connectivity index (χ1n) is 13.9. The summed E-state index contributed by atoms with van der Waals surface area (Å²) in [6.45, 7) is 2.63. The van der Waals surface area contributed by atoms with Crippen LogP contribution in [0.25, 0.3) is 22.6 Å². The summed E-state index contributed by atoms with van der Waals surface area (Å²) in [6, 6.07) is 18.7. The minimum Gasteiger partial charge on any atom is -0.497 e. The number of para-hydroxylation sites is 1. The Balaban J connectivity index is 1.23. The fourth-order valence-corrected chi connectivity index (χ4v) is 5.06. The SMILES string of the molecule is COc1ccc(CNc2ncc3c(n2)N(C)C(=O)N(c2cc(-c4ncc(-c5ccccc5OC(F)(F)F)[nH]4)ccc2C)C3)cc1. The fourth-order valence-electron chi connectivity index (χ4n) is 5.06. The lowest BCUT2D eigenvalue weighted by Crippen LogP contribution is -2.46. The minimum atomic E-state index is -4.84. The standard InChI is InChI=1S/C32H28F3N7O3/c1-19-8-11-21(28-36-17-25(39-28)24-6-4-5-7-27(24)45-32(33,34)35)14-26(19)42-18-22-16-38-30(40-29(22)41(2)31(42)43)37-15-20-9-12-23(44-3)13-10-20/h4-14,16-17H,15,18H2,1-3H3,(H,36,39)(H,37,38,40). The first-order chi connectivity index (χ1) is 21.6. The zero-order chi connectivity index (χ0) is 31.7. The van der Waals surface area contributed by atoms with Crippen LogP contribution in [0.3, 0.4) is 0 Å². The number of anilines is 3. The van der Waals surface area contributed by atoms with Crippen LogP contribution in [-0.4, -0.2) is 46.5 Å². The van der Waals surface area contributed by atoms with Gasteiger partial charge in [-0.2, -0.15) is 4.98 Å². The number of amides is 2. The number of urea groups is 1. The summed E-state index contributed by atoms with van der Waals surface area (Å²) in [5.74, 6) is 1.75. The molecule has 3 aromatic carbocycles. The van der Waals surface area contributed by atoms with Gasteiger partial charge in [0.15, 0.2) is 0 Å². The zero-order valence-corrected chi connectivity index (χ0v) is 24.5. The quantitative estimate of drug-likeness (QED) is 0.195. The topological polar surface area (TPSA) is 108 Å². The number of aryl methyl sites for hydroxylation is 1. The molecule has 2 amide bonds. The number of hydrogen-bond donors (Lipinski definition) is 2. The average Bonchev–Trinajstić information content (AvgIpc) is 3.52. The van der Waals surface area contributed by atoms with Crippen LogP contribution in [0.5, 0.6) is 11.5 Å².